The third-order valence-electron chi connectivity index (χ3n) is 4.72. The Morgan fingerprint density at radius 3 is 2.53 bits per heavy atom. The summed E-state index contributed by atoms with van der Waals surface area (Å²) in [6.07, 6.45) is -1.13. The monoisotopic (exact) mass is 446 g/mol. The molecule has 0 radical (unpaired) electrons. The summed E-state index contributed by atoms with van der Waals surface area (Å²) in [5.74, 6) is -1.33. The fourth-order valence-electron chi connectivity index (χ4n) is 3.31. The molecule has 8 heteroatoms. The van der Waals surface area contributed by atoms with Crippen LogP contribution in [0.2, 0.25) is 5.02 Å². The number of fused-ring (bicyclic) bond motifs is 1. The van der Waals surface area contributed by atoms with Crippen LogP contribution in [0.4, 0.5) is 11.4 Å². The minimum Gasteiger partial charge on any atom is -0.452 e. The summed E-state index contributed by atoms with van der Waals surface area (Å²) in [6.45, 7) is 7.33. The molecule has 1 heterocycles. The molecule has 0 bridgehead atoms. The standard InChI is InChI=1S/C22H23ClN2O4S/c1-11-7-12(2)20(13(3)8-11)25-21(27)14(4)29-19(26)10-18-22(28)24-16-9-15(23)5-6-17(16)30-18/h5-9,14,18H,10H2,1-4H3,(H,24,28)(H,25,27). The molecule has 2 atom stereocenters. The molecule has 3 rings (SSSR count). The molecular formula is C22H23ClN2O4S. The molecule has 2 N–H and O–H groups in total. The van der Waals surface area contributed by atoms with Gasteiger partial charge in [-0.3, -0.25) is 14.4 Å². The van der Waals surface area contributed by atoms with E-state index in [-0.39, 0.29) is 12.3 Å². The van der Waals surface area contributed by atoms with Gasteiger partial charge in [0.25, 0.3) is 5.91 Å². The third kappa shape index (κ3) is 5.15. The molecule has 0 saturated carbocycles. The van der Waals surface area contributed by atoms with E-state index in [1.165, 1.54) is 18.7 Å². The second kappa shape index (κ2) is 9.10. The smallest absolute Gasteiger partial charge is 0.308 e. The maximum Gasteiger partial charge on any atom is 0.308 e. The van der Waals surface area contributed by atoms with Crippen molar-refractivity contribution in [3.63, 3.8) is 0 Å². The highest BCUT2D eigenvalue weighted by Crippen LogP contribution is 2.38. The lowest BCUT2D eigenvalue weighted by Gasteiger charge is -2.24. The first-order chi connectivity index (χ1) is 14.1. The Kier molecular flexibility index (Phi) is 6.73. The Bertz CT molecular complexity index is 1000. The van der Waals surface area contributed by atoms with Crippen LogP contribution in [0.3, 0.4) is 0 Å². The summed E-state index contributed by atoms with van der Waals surface area (Å²) in [4.78, 5) is 38.0. The van der Waals surface area contributed by atoms with Gasteiger partial charge in [0.2, 0.25) is 5.91 Å². The molecule has 0 fully saturated rings. The van der Waals surface area contributed by atoms with Gasteiger partial charge in [0.15, 0.2) is 6.10 Å². The third-order valence-corrected chi connectivity index (χ3v) is 6.23. The number of rotatable bonds is 5. The molecule has 2 aromatic carbocycles. The SMILES string of the molecule is Cc1cc(C)c(NC(=O)C(C)OC(=O)CC2Sc3ccc(Cl)cc3NC2=O)c(C)c1. The maximum atomic E-state index is 12.5. The molecule has 0 aliphatic carbocycles. The van der Waals surface area contributed by atoms with Crippen molar-refractivity contribution in [2.24, 2.45) is 0 Å². The van der Waals surface area contributed by atoms with Crippen molar-refractivity contribution >= 4 is 52.5 Å². The highest BCUT2D eigenvalue weighted by atomic mass is 35.5. The van der Waals surface area contributed by atoms with Gasteiger partial charge in [-0.25, -0.2) is 0 Å². The van der Waals surface area contributed by atoms with Gasteiger partial charge in [-0.15, -0.1) is 11.8 Å². The number of esters is 1. The highest BCUT2D eigenvalue weighted by Gasteiger charge is 2.31. The van der Waals surface area contributed by atoms with Gasteiger partial charge >= 0.3 is 5.97 Å². The molecule has 2 amide bonds. The lowest BCUT2D eigenvalue weighted by Crippen LogP contribution is -2.34. The molecule has 6 nitrogen and oxygen atoms in total. The minimum absolute atomic E-state index is 0.140. The van der Waals surface area contributed by atoms with Gasteiger partial charge < -0.3 is 15.4 Å². The number of hydrogen-bond donors (Lipinski definition) is 2. The van der Waals surface area contributed by atoms with Crippen LogP contribution in [0.15, 0.2) is 35.2 Å². The van der Waals surface area contributed by atoms with Crippen molar-refractivity contribution in [2.75, 3.05) is 10.6 Å². The van der Waals surface area contributed by atoms with Gasteiger partial charge in [-0.2, -0.15) is 0 Å². The zero-order valence-electron chi connectivity index (χ0n) is 17.2. The second-order valence-corrected chi connectivity index (χ2v) is 9.02. The predicted octanol–water partition coefficient (Wildman–Crippen LogP) is 4.64. The highest BCUT2D eigenvalue weighted by molar-refractivity contribution is 8.01. The Hall–Kier alpha value is -2.51. The van der Waals surface area contributed by atoms with E-state index in [9.17, 15) is 14.4 Å². The molecule has 2 unspecified atom stereocenters. The second-order valence-electron chi connectivity index (χ2n) is 7.34. The fraction of sp³-hybridized carbons (Fsp3) is 0.318. The number of nitrogens with one attached hydrogen (secondary N) is 2. The van der Waals surface area contributed by atoms with E-state index in [4.69, 9.17) is 16.3 Å². The Labute approximate surface area is 184 Å². The van der Waals surface area contributed by atoms with Crippen LogP contribution in [0.1, 0.15) is 30.0 Å². The average molecular weight is 447 g/mol. The molecule has 0 aromatic heterocycles. The quantitative estimate of drug-likeness (QED) is 0.653. The fourth-order valence-corrected chi connectivity index (χ4v) is 4.56. The van der Waals surface area contributed by atoms with E-state index >= 15 is 0 Å². The molecule has 1 aliphatic heterocycles. The van der Waals surface area contributed by atoms with Crippen molar-refractivity contribution < 1.29 is 19.1 Å². The average Bonchev–Trinajstić information content (AvgIpc) is 2.65. The predicted molar refractivity (Wildman–Crippen MR) is 119 cm³/mol. The number of thioether (sulfide) groups is 1. The molecule has 2 aromatic rings. The van der Waals surface area contributed by atoms with E-state index in [1.807, 2.05) is 32.9 Å². The number of benzene rings is 2. The van der Waals surface area contributed by atoms with E-state index in [0.717, 1.165) is 21.6 Å². The summed E-state index contributed by atoms with van der Waals surface area (Å²) in [5.41, 5.74) is 4.32. The van der Waals surface area contributed by atoms with Crippen molar-refractivity contribution in [1.29, 1.82) is 0 Å². The van der Waals surface area contributed by atoms with Crippen molar-refractivity contribution in [2.45, 2.75) is 50.4 Å². The molecular weight excluding hydrogens is 424 g/mol. The topological polar surface area (TPSA) is 84.5 Å². The van der Waals surface area contributed by atoms with Crippen LogP contribution in [0.5, 0.6) is 0 Å². The summed E-state index contributed by atoms with van der Waals surface area (Å²) >= 11 is 7.22. The zero-order valence-corrected chi connectivity index (χ0v) is 18.7. The molecule has 0 spiro atoms. The van der Waals surface area contributed by atoms with Gasteiger partial charge in [-0.1, -0.05) is 29.3 Å². The maximum absolute atomic E-state index is 12.5. The van der Waals surface area contributed by atoms with Crippen LogP contribution in [-0.2, 0) is 19.1 Å². The van der Waals surface area contributed by atoms with Gasteiger partial charge in [0, 0.05) is 15.6 Å². The van der Waals surface area contributed by atoms with E-state index < -0.39 is 23.2 Å². The van der Waals surface area contributed by atoms with Crippen molar-refractivity contribution in [3.8, 4) is 0 Å². The number of ether oxygens (including phenoxy) is 1. The molecule has 0 saturated heterocycles. The summed E-state index contributed by atoms with van der Waals surface area (Å²) in [6, 6.07) is 9.13. The van der Waals surface area contributed by atoms with Crippen LogP contribution in [0, 0.1) is 20.8 Å². The number of aryl methyl sites for hydroxylation is 3. The van der Waals surface area contributed by atoms with E-state index in [0.29, 0.717) is 16.4 Å². The Morgan fingerprint density at radius 1 is 1.20 bits per heavy atom. The normalized spacial score (nSPS) is 16.3. The first-order valence-corrected chi connectivity index (χ1v) is 10.7. The molecule has 158 valence electrons. The van der Waals surface area contributed by atoms with Crippen LogP contribution in [0.25, 0.3) is 0 Å². The Morgan fingerprint density at radius 2 is 1.87 bits per heavy atom. The van der Waals surface area contributed by atoms with Crippen LogP contribution >= 0.6 is 23.4 Å². The number of carbonyl (C=O) groups excluding carboxylic acids is 3. The number of hydrogen-bond acceptors (Lipinski definition) is 5. The summed E-state index contributed by atoms with van der Waals surface area (Å²) in [5, 5.41) is 5.46. The van der Waals surface area contributed by atoms with Crippen molar-refractivity contribution in [3.05, 3.63) is 52.0 Å². The van der Waals surface area contributed by atoms with Gasteiger partial charge in [0.05, 0.1) is 17.4 Å². The van der Waals surface area contributed by atoms with Crippen molar-refractivity contribution in [1.82, 2.24) is 0 Å². The first kappa shape index (κ1) is 22.2. The first-order valence-electron chi connectivity index (χ1n) is 9.49. The largest absolute Gasteiger partial charge is 0.452 e. The lowest BCUT2D eigenvalue weighted by molar-refractivity contribution is -0.153. The minimum atomic E-state index is -0.986. The number of carbonyl (C=O) groups is 3. The number of halogens is 1. The lowest BCUT2D eigenvalue weighted by atomic mass is 10.0. The summed E-state index contributed by atoms with van der Waals surface area (Å²) in [7, 11) is 0. The van der Waals surface area contributed by atoms with Gasteiger partial charge in [0.1, 0.15) is 0 Å². The molecule has 30 heavy (non-hydrogen) atoms. The number of amides is 2. The van der Waals surface area contributed by atoms with Crippen LogP contribution in [-0.4, -0.2) is 29.1 Å². The van der Waals surface area contributed by atoms with E-state index in [1.54, 1.807) is 18.2 Å². The van der Waals surface area contributed by atoms with Gasteiger partial charge in [-0.05, 0) is 57.0 Å². The molecule has 1 aliphatic rings. The summed E-state index contributed by atoms with van der Waals surface area (Å²) < 4.78 is 5.28. The van der Waals surface area contributed by atoms with Crippen LogP contribution < -0.4 is 10.6 Å². The number of anilines is 2. The zero-order chi connectivity index (χ0) is 22.0. The van der Waals surface area contributed by atoms with E-state index in [2.05, 4.69) is 10.6 Å². The Balaban J connectivity index is 1.59.